The number of rotatable bonds is 9. The number of carbonyl (C=O) groups excluding carboxylic acids is 1. The van der Waals surface area contributed by atoms with Gasteiger partial charge in [0, 0.05) is 31.3 Å². The SMILES string of the molecule is CCCCN(C(=O)/C=C/c1cccc([N+](=O)[O-])c1)c1c(N)n(CC(C)C)c(=O)[nH]c1=O. The average molecular weight is 429 g/mol. The van der Waals surface area contributed by atoms with E-state index >= 15 is 0 Å². The third-order valence-electron chi connectivity index (χ3n) is 4.53. The van der Waals surface area contributed by atoms with Crippen LogP contribution in [0.15, 0.2) is 39.9 Å². The fraction of sp³-hybridized carbons (Fsp3) is 0.381. The van der Waals surface area contributed by atoms with Crippen molar-refractivity contribution in [2.75, 3.05) is 17.2 Å². The molecule has 0 spiro atoms. The molecule has 0 bridgehead atoms. The first kappa shape index (κ1) is 23.6. The Bertz CT molecular complexity index is 1100. The van der Waals surface area contributed by atoms with Crippen LogP contribution in [-0.2, 0) is 11.3 Å². The molecule has 1 aromatic carbocycles. The van der Waals surface area contributed by atoms with E-state index in [2.05, 4.69) is 4.98 Å². The highest BCUT2D eigenvalue weighted by Crippen LogP contribution is 2.20. The van der Waals surface area contributed by atoms with Crippen LogP contribution < -0.4 is 21.9 Å². The van der Waals surface area contributed by atoms with Crippen LogP contribution in [0.3, 0.4) is 0 Å². The molecule has 166 valence electrons. The molecule has 2 aromatic rings. The summed E-state index contributed by atoms with van der Waals surface area (Å²) in [5.74, 6) is -0.505. The summed E-state index contributed by atoms with van der Waals surface area (Å²) in [7, 11) is 0. The Morgan fingerprint density at radius 3 is 2.68 bits per heavy atom. The minimum atomic E-state index is -0.740. The van der Waals surface area contributed by atoms with Crippen molar-refractivity contribution in [2.24, 2.45) is 5.92 Å². The summed E-state index contributed by atoms with van der Waals surface area (Å²) < 4.78 is 1.25. The van der Waals surface area contributed by atoms with E-state index in [1.165, 1.54) is 39.8 Å². The predicted molar refractivity (Wildman–Crippen MR) is 120 cm³/mol. The number of hydrogen-bond donors (Lipinski definition) is 2. The minimum Gasteiger partial charge on any atom is -0.383 e. The number of H-pyrrole nitrogens is 1. The van der Waals surface area contributed by atoms with Gasteiger partial charge in [-0.25, -0.2) is 4.79 Å². The van der Waals surface area contributed by atoms with Gasteiger partial charge in [0.1, 0.15) is 5.82 Å². The van der Waals surface area contributed by atoms with Crippen LogP contribution in [0.2, 0.25) is 0 Å². The number of nitro benzene ring substituents is 1. The zero-order chi connectivity index (χ0) is 23.1. The molecule has 1 aromatic heterocycles. The van der Waals surface area contributed by atoms with Crippen LogP contribution in [-0.4, -0.2) is 26.9 Å². The van der Waals surface area contributed by atoms with Crippen molar-refractivity contribution < 1.29 is 9.72 Å². The summed E-state index contributed by atoms with van der Waals surface area (Å²) in [5.41, 5.74) is 5.07. The zero-order valence-corrected chi connectivity index (χ0v) is 17.8. The second-order valence-electron chi connectivity index (χ2n) is 7.53. The highest BCUT2D eigenvalue weighted by atomic mass is 16.6. The number of aromatic amines is 1. The Morgan fingerprint density at radius 1 is 1.35 bits per heavy atom. The Balaban J connectivity index is 2.47. The van der Waals surface area contributed by atoms with Gasteiger partial charge in [-0.05, 0) is 24.0 Å². The molecule has 0 fully saturated rings. The number of aromatic nitrogens is 2. The van der Waals surface area contributed by atoms with Crippen LogP contribution in [0.1, 0.15) is 39.2 Å². The summed E-state index contributed by atoms with van der Waals surface area (Å²) in [6.07, 6.45) is 4.04. The molecule has 10 heteroatoms. The van der Waals surface area contributed by atoms with Gasteiger partial charge in [0.25, 0.3) is 17.2 Å². The lowest BCUT2D eigenvalue weighted by Gasteiger charge is -2.23. The molecule has 10 nitrogen and oxygen atoms in total. The fourth-order valence-electron chi connectivity index (χ4n) is 3.03. The predicted octanol–water partition coefficient (Wildman–Crippen LogP) is 2.53. The molecule has 0 aliphatic carbocycles. The summed E-state index contributed by atoms with van der Waals surface area (Å²) in [6, 6.07) is 5.83. The van der Waals surface area contributed by atoms with Crippen molar-refractivity contribution in [2.45, 2.75) is 40.2 Å². The molecular formula is C21H27N5O5. The smallest absolute Gasteiger partial charge is 0.330 e. The minimum absolute atomic E-state index is 0.0735. The largest absolute Gasteiger partial charge is 0.383 e. The quantitative estimate of drug-likeness (QED) is 0.356. The number of carbonyl (C=O) groups is 1. The highest BCUT2D eigenvalue weighted by molar-refractivity contribution is 6.05. The second-order valence-corrected chi connectivity index (χ2v) is 7.53. The molecular weight excluding hydrogens is 402 g/mol. The first-order chi connectivity index (χ1) is 14.6. The lowest BCUT2D eigenvalue weighted by molar-refractivity contribution is -0.384. The lowest BCUT2D eigenvalue weighted by atomic mass is 10.2. The number of nitrogens with zero attached hydrogens (tertiary/aromatic N) is 3. The molecule has 0 saturated carbocycles. The van der Waals surface area contributed by atoms with Gasteiger partial charge in [-0.1, -0.05) is 39.3 Å². The first-order valence-corrected chi connectivity index (χ1v) is 10.0. The molecule has 0 aliphatic heterocycles. The number of benzene rings is 1. The van der Waals surface area contributed by atoms with E-state index in [9.17, 15) is 24.5 Å². The summed E-state index contributed by atoms with van der Waals surface area (Å²) in [4.78, 5) is 51.6. The topological polar surface area (TPSA) is 144 Å². The molecule has 1 amide bonds. The second kappa shape index (κ2) is 10.4. The molecule has 0 unspecified atom stereocenters. The number of non-ortho nitro benzene ring substituents is 1. The number of unbranched alkanes of at least 4 members (excludes halogenated alkanes) is 1. The van der Waals surface area contributed by atoms with Gasteiger partial charge in [0.15, 0.2) is 5.69 Å². The van der Waals surface area contributed by atoms with E-state index < -0.39 is 22.1 Å². The number of hydrogen-bond acceptors (Lipinski definition) is 6. The molecule has 1 heterocycles. The first-order valence-electron chi connectivity index (χ1n) is 10.0. The van der Waals surface area contributed by atoms with Crippen LogP contribution in [0.4, 0.5) is 17.2 Å². The maximum atomic E-state index is 13.0. The normalized spacial score (nSPS) is 11.2. The van der Waals surface area contributed by atoms with Gasteiger partial charge in [-0.15, -0.1) is 0 Å². The Labute approximate surface area is 179 Å². The Kier molecular flexibility index (Phi) is 7.89. The average Bonchev–Trinajstić information content (AvgIpc) is 2.71. The van der Waals surface area contributed by atoms with Crippen LogP contribution >= 0.6 is 0 Å². The molecule has 31 heavy (non-hydrogen) atoms. The van der Waals surface area contributed by atoms with Gasteiger partial charge >= 0.3 is 5.69 Å². The molecule has 3 N–H and O–H groups in total. The van der Waals surface area contributed by atoms with Crippen LogP contribution in [0, 0.1) is 16.0 Å². The van der Waals surface area contributed by atoms with E-state index in [1.807, 2.05) is 20.8 Å². The van der Waals surface area contributed by atoms with Gasteiger partial charge < -0.3 is 10.6 Å². The number of anilines is 2. The lowest BCUT2D eigenvalue weighted by Crippen LogP contribution is -2.41. The number of nitrogen functional groups attached to an aromatic ring is 1. The highest BCUT2D eigenvalue weighted by Gasteiger charge is 2.23. The van der Waals surface area contributed by atoms with Crippen molar-refractivity contribution in [3.8, 4) is 0 Å². The van der Waals surface area contributed by atoms with Crippen molar-refractivity contribution in [3.63, 3.8) is 0 Å². The summed E-state index contributed by atoms with van der Waals surface area (Å²) in [5, 5.41) is 10.9. The molecule has 0 atom stereocenters. The zero-order valence-electron chi connectivity index (χ0n) is 17.8. The van der Waals surface area contributed by atoms with Crippen molar-refractivity contribution in [1.82, 2.24) is 9.55 Å². The summed E-state index contributed by atoms with van der Waals surface area (Å²) >= 11 is 0. The third-order valence-corrected chi connectivity index (χ3v) is 4.53. The third kappa shape index (κ3) is 5.91. The van der Waals surface area contributed by atoms with Crippen LogP contribution in [0.25, 0.3) is 6.08 Å². The van der Waals surface area contributed by atoms with Crippen molar-refractivity contribution in [3.05, 3.63) is 66.9 Å². The Morgan fingerprint density at radius 2 is 2.06 bits per heavy atom. The van der Waals surface area contributed by atoms with E-state index in [-0.39, 0.29) is 36.2 Å². The number of nitrogens with two attached hydrogens (primary N) is 1. The number of nitrogens with one attached hydrogen (secondary N) is 1. The molecule has 0 aliphatic rings. The molecule has 0 radical (unpaired) electrons. The maximum Gasteiger partial charge on any atom is 0.330 e. The van der Waals surface area contributed by atoms with Crippen molar-refractivity contribution in [1.29, 1.82) is 0 Å². The number of amides is 1. The Hall–Kier alpha value is -3.69. The van der Waals surface area contributed by atoms with E-state index in [1.54, 1.807) is 6.07 Å². The maximum absolute atomic E-state index is 13.0. The van der Waals surface area contributed by atoms with Gasteiger partial charge in [-0.2, -0.15) is 0 Å². The van der Waals surface area contributed by atoms with Gasteiger partial charge in [0.05, 0.1) is 4.92 Å². The van der Waals surface area contributed by atoms with E-state index in [4.69, 9.17) is 5.73 Å². The fourth-order valence-corrected chi connectivity index (χ4v) is 3.03. The number of nitro groups is 1. The van der Waals surface area contributed by atoms with Gasteiger partial charge in [-0.3, -0.25) is 29.3 Å². The van der Waals surface area contributed by atoms with E-state index in [0.717, 1.165) is 6.42 Å². The van der Waals surface area contributed by atoms with Crippen LogP contribution in [0.5, 0.6) is 0 Å². The molecule has 0 saturated heterocycles. The molecule has 2 rings (SSSR count). The standard InChI is InChI=1S/C21H27N5O5/c1-4-5-11-24(17(27)10-9-15-7-6-8-16(12-15)26(30)31)18-19(22)25(13-14(2)3)21(29)23-20(18)28/h6-10,12,14H,4-5,11,13,22H2,1-3H3,(H,23,28,29)/b10-9+. The van der Waals surface area contributed by atoms with Crippen molar-refractivity contribution >= 4 is 29.2 Å². The summed E-state index contributed by atoms with van der Waals surface area (Å²) in [6.45, 7) is 6.25. The van der Waals surface area contributed by atoms with Gasteiger partial charge in [0.2, 0.25) is 0 Å². The monoisotopic (exact) mass is 429 g/mol. The van der Waals surface area contributed by atoms with E-state index in [0.29, 0.717) is 12.0 Å².